The van der Waals surface area contributed by atoms with Gasteiger partial charge in [-0.25, -0.2) is 0 Å². The molecule has 1 atom stereocenters. The number of hydrogen-bond acceptors (Lipinski definition) is 4. The van der Waals surface area contributed by atoms with Crippen molar-refractivity contribution in [2.45, 2.75) is 25.4 Å². The molecule has 0 radical (unpaired) electrons. The summed E-state index contributed by atoms with van der Waals surface area (Å²) >= 11 is 5.76. The molecule has 1 aromatic rings. The molecule has 88 valence electrons. The first-order valence-corrected chi connectivity index (χ1v) is 5.94. The molecule has 1 unspecified atom stereocenters. The fourth-order valence-corrected chi connectivity index (χ4v) is 2.02. The summed E-state index contributed by atoms with van der Waals surface area (Å²) in [5.41, 5.74) is 0. The zero-order valence-corrected chi connectivity index (χ0v) is 10.2. The highest BCUT2D eigenvalue weighted by atomic mass is 35.5. The average molecular weight is 242 g/mol. The van der Waals surface area contributed by atoms with E-state index >= 15 is 0 Å². The van der Waals surface area contributed by atoms with Gasteiger partial charge in [-0.3, -0.25) is 4.98 Å². The Bertz CT molecular complexity index is 348. The van der Waals surface area contributed by atoms with Crippen molar-refractivity contribution in [1.82, 2.24) is 14.9 Å². The van der Waals surface area contributed by atoms with Gasteiger partial charge in [-0.15, -0.1) is 0 Å². The number of ether oxygens (including phenoxy) is 1. The molecule has 1 fully saturated rings. The summed E-state index contributed by atoms with van der Waals surface area (Å²) in [5.74, 6) is 0.530. The maximum atomic E-state index is 5.78. The molecule has 0 aliphatic carbocycles. The molecule has 5 heteroatoms. The molecule has 1 saturated heterocycles. The Hall–Kier alpha value is -0.870. The minimum absolute atomic E-state index is 0.234. The van der Waals surface area contributed by atoms with E-state index in [0.29, 0.717) is 11.0 Å². The molecule has 2 heterocycles. The van der Waals surface area contributed by atoms with E-state index in [1.807, 2.05) is 0 Å². The first-order valence-electron chi connectivity index (χ1n) is 5.57. The lowest BCUT2D eigenvalue weighted by Gasteiger charge is -2.16. The van der Waals surface area contributed by atoms with E-state index < -0.39 is 0 Å². The summed E-state index contributed by atoms with van der Waals surface area (Å²) in [7, 11) is 2.14. The Morgan fingerprint density at radius 2 is 2.25 bits per heavy atom. The van der Waals surface area contributed by atoms with Crippen LogP contribution in [-0.4, -0.2) is 41.1 Å². The van der Waals surface area contributed by atoms with Crippen LogP contribution in [0, 0.1) is 0 Å². The summed E-state index contributed by atoms with van der Waals surface area (Å²) in [6.45, 7) is 2.21. The van der Waals surface area contributed by atoms with Crippen LogP contribution in [0.2, 0.25) is 5.15 Å². The van der Waals surface area contributed by atoms with Crippen LogP contribution in [0.15, 0.2) is 12.4 Å². The Morgan fingerprint density at radius 1 is 1.38 bits per heavy atom. The molecule has 0 aromatic carbocycles. The summed E-state index contributed by atoms with van der Waals surface area (Å²) in [4.78, 5) is 10.4. The highest BCUT2D eigenvalue weighted by molar-refractivity contribution is 6.29. The average Bonchev–Trinajstić information content (AvgIpc) is 2.44. The zero-order chi connectivity index (χ0) is 11.4. The topological polar surface area (TPSA) is 38.2 Å². The molecule has 2 rings (SSSR count). The minimum atomic E-state index is 0.234. The molecule has 0 amide bonds. The lowest BCUT2D eigenvalue weighted by Crippen LogP contribution is -2.21. The summed E-state index contributed by atoms with van der Waals surface area (Å²) in [6.07, 6.45) is 6.62. The van der Waals surface area contributed by atoms with Gasteiger partial charge in [0.15, 0.2) is 5.15 Å². The highest BCUT2D eigenvalue weighted by Crippen LogP contribution is 2.17. The van der Waals surface area contributed by atoms with Gasteiger partial charge in [0.05, 0.1) is 12.4 Å². The van der Waals surface area contributed by atoms with Gasteiger partial charge in [-0.1, -0.05) is 11.6 Å². The number of halogens is 1. The van der Waals surface area contributed by atoms with Crippen LogP contribution in [0.4, 0.5) is 0 Å². The Balaban J connectivity index is 1.93. The van der Waals surface area contributed by atoms with E-state index in [-0.39, 0.29) is 6.10 Å². The van der Waals surface area contributed by atoms with Crippen LogP contribution in [-0.2, 0) is 0 Å². The van der Waals surface area contributed by atoms with Crippen LogP contribution in [0.3, 0.4) is 0 Å². The number of aromatic nitrogens is 2. The van der Waals surface area contributed by atoms with E-state index in [0.717, 1.165) is 32.4 Å². The van der Waals surface area contributed by atoms with E-state index in [9.17, 15) is 0 Å². The van der Waals surface area contributed by atoms with E-state index in [1.54, 1.807) is 6.20 Å². The largest absolute Gasteiger partial charge is 0.473 e. The third-order valence-corrected chi connectivity index (χ3v) is 2.95. The second-order valence-corrected chi connectivity index (χ2v) is 4.54. The molecule has 16 heavy (non-hydrogen) atoms. The van der Waals surface area contributed by atoms with E-state index in [4.69, 9.17) is 16.3 Å². The summed E-state index contributed by atoms with van der Waals surface area (Å²) in [5, 5.41) is 0.378. The van der Waals surface area contributed by atoms with Crippen molar-refractivity contribution in [2.24, 2.45) is 0 Å². The molecule has 0 N–H and O–H groups in total. The van der Waals surface area contributed by atoms with Gasteiger partial charge < -0.3 is 9.64 Å². The van der Waals surface area contributed by atoms with Crippen LogP contribution in [0.25, 0.3) is 0 Å². The second kappa shape index (κ2) is 5.46. The van der Waals surface area contributed by atoms with Crippen LogP contribution >= 0.6 is 11.6 Å². The lowest BCUT2D eigenvalue weighted by molar-refractivity contribution is 0.175. The Kier molecular flexibility index (Phi) is 3.96. The van der Waals surface area contributed by atoms with Crippen molar-refractivity contribution >= 4 is 11.6 Å². The number of likely N-dealkylation sites (tertiary alicyclic amines) is 1. The molecule has 1 aliphatic heterocycles. The molecule has 0 bridgehead atoms. The third-order valence-electron chi connectivity index (χ3n) is 2.77. The standard InChI is InChI=1S/C11H16ClN3O/c1-15-5-2-3-9(4-6-15)16-11-8-13-7-10(12)14-11/h7-9H,2-6H2,1H3. The first kappa shape index (κ1) is 11.6. The van der Waals surface area contributed by atoms with Crippen molar-refractivity contribution in [3.8, 4) is 5.88 Å². The molecule has 0 spiro atoms. The van der Waals surface area contributed by atoms with Gasteiger partial charge >= 0.3 is 0 Å². The highest BCUT2D eigenvalue weighted by Gasteiger charge is 2.16. The van der Waals surface area contributed by atoms with Crippen molar-refractivity contribution in [1.29, 1.82) is 0 Å². The first-order chi connectivity index (χ1) is 7.74. The van der Waals surface area contributed by atoms with Crippen molar-refractivity contribution in [3.05, 3.63) is 17.5 Å². The van der Waals surface area contributed by atoms with Crippen molar-refractivity contribution in [3.63, 3.8) is 0 Å². The predicted octanol–water partition coefficient (Wildman–Crippen LogP) is 1.99. The van der Waals surface area contributed by atoms with Crippen molar-refractivity contribution in [2.75, 3.05) is 20.1 Å². The fourth-order valence-electron chi connectivity index (χ4n) is 1.88. The number of rotatable bonds is 2. The Morgan fingerprint density at radius 3 is 3.06 bits per heavy atom. The van der Waals surface area contributed by atoms with Crippen LogP contribution in [0.1, 0.15) is 19.3 Å². The number of nitrogens with zero attached hydrogens (tertiary/aromatic N) is 3. The lowest BCUT2D eigenvalue weighted by atomic mass is 10.2. The smallest absolute Gasteiger partial charge is 0.234 e. The monoisotopic (exact) mass is 241 g/mol. The van der Waals surface area contributed by atoms with Gasteiger partial charge in [-0.2, -0.15) is 4.98 Å². The maximum Gasteiger partial charge on any atom is 0.234 e. The second-order valence-electron chi connectivity index (χ2n) is 4.15. The normalized spacial score (nSPS) is 22.8. The molecule has 0 saturated carbocycles. The fraction of sp³-hybridized carbons (Fsp3) is 0.636. The summed E-state index contributed by atoms with van der Waals surface area (Å²) in [6, 6.07) is 0. The zero-order valence-electron chi connectivity index (χ0n) is 9.40. The Labute approximate surface area is 101 Å². The third kappa shape index (κ3) is 3.32. The molecule has 1 aromatic heterocycles. The van der Waals surface area contributed by atoms with E-state index in [2.05, 4.69) is 21.9 Å². The van der Waals surface area contributed by atoms with Crippen LogP contribution in [0.5, 0.6) is 5.88 Å². The van der Waals surface area contributed by atoms with Crippen LogP contribution < -0.4 is 4.74 Å². The SMILES string of the molecule is CN1CCCC(Oc2cncc(Cl)n2)CC1. The van der Waals surface area contributed by atoms with Gasteiger partial charge in [0.2, 0.25) is 5.88 Å². The maximum absolute atomic E-state index is 5.78. The van der Waals surface area contributed by atoms with Gasteiger partial charge in [0, 0.05) is 6.54 Å². The molecule has 1 aliphatic rings. The predicted molar refractivity (Wildman–Crippen MR) is 62.8 cm³/mol. The summed E-state index contributed by atoms with van der Waals surface area (Å²) < 4.78 is 5.78. The molecular formula is C11H16ClN3O. The van der Waals surface area contributed by atoms with Gasteiger partial charge in [0.25, 0.3) is 0 Å². The quantitative estimate of drug-likeness (QED) is 0.794. The minimum Gasteiger partial charge on any atom is -0.473 e. The number of hydrogen-bond donors (Lipinski definition) is 0. The van der Waals surface area contributed by atoms with E-state index in [1.165, 1.54) is 6.20 Å². The molecule has 4 nitrogen and oxygen atoms in total. The van der Waals surface area contributed by atoms with Crippen molar-refractivity contribution < 1.29 is 4.74 Å². The molecular weight excluding hydrogens is 226 g/mol. The van der Waals surface area contributed by atoms with Gasteiger partial charge in [0.1, 0.15) is 6.10 Å². The van der Waals surface area contributed by atoms with Gasteiger partial charge in [-0.05, 0) is 32.9 Å².